The second-order valence-electron chi connectivity index (χ2n) is 10.4. The van der Waals surface area contributed by atoms with Gasteiger partial charge in [-0.15, -0.1) is 0 Å². The van der Waals surface area contributed by atoms with Crippen molar-refractivity contribution in [3.8, 4) is 11.3 Å². The minimum atomic E-state index is 0.170. The fourth-order valence-corrected chi connectivity index (χ4v) is 5.51. The van der Waals surface area contributed by atoms with Gasteiger partial charge in [0.05, 0.1) is 5.39 Å². The molecule has 4 heterocycles. The maximum Gasteiger partial charge on any atom is 0.297 e. The van der Waals surface area contributed by atoms with Gasteiger partial charge in [0.25, 0.3) is 11.3 Å². The van der Waals surface area contributed by atoms with Crippen LogP contribution in [0, 0.1) is 26.2 Å². The van der Waals surface area contributed by atoms with Crippen molar-refractivity contribution < 1.29 is 4.57 Å². The number of hydrogen-bond donors (Lipinski definition) is 0. The van der Waals surface area contributed by atoms with E-state index in [1.54, 1.807) is 0 Å². The van der Waals surface area contributed by atoms with Crippen LogP contribution in [-0.2, 0) is 13.1 Å². The summed E-state index contributed by atoms with van der Waals surface area (Å²) in [7, 11) is 0. The molecule has 6 rings (SSSR count). The first-order chi connectivity index (χ1) is 14.7. The summed E-state index contributed by atoms with van der Waals surface area (Å²) < 4.78 is 7.27. The van der Waals surface area contributed by atoms with Crippen LogP contribution in [-0.4, -0.2) is 14.0 Å². The van der Waals surface area contributed by atoms with Crippen LogP contribution in [0.2, 0.25) is 0 Å². The number of hydrogen-bond acceptors (Lipinski definition) is 1. The third-order valence-corrected chi connectivity index (χ3v) is 6.69. The lowest BCUT2D eigenvalue weighted by Crippen LogP contribution is -2.28. The summed E-state index contributed by atoms with van der Waals surface area (Å²) in [5, 5.41) is 2.70. The van der Waals surface area contributed by atoms with Gasteiger partial charge in [-0.25, -0.2) is 4.57 Å². The van der Waals surface area contributed by atoms with Gasteiger partial charge in [-0.2, -0.15) is 9.38 Å². The zero-order valence-electron chi connectivity index (χ0n) is 19.2. The van der Waals surface area contributed by atoms with E-state index in [1.165, 1.54) is 49.9 Å². The molecule has 1 aliphatic rings. The summed E-state index contributed by atoms with van der Waals surface area (Å²) in [5.74, 6) is 1.08. The molecular formula is C27H29N4+. The summed E-state index contributed by atoms with van der Waals surface area (Å²) >= 11 is 0. The molecule has 3 aromatic heterocycles. The predicted molar refractivity (Wildman–Crippen MR) is 127 cm³/mol. The van der Waals surface area contributed by atoms with Crippen molar-refractivity contribution in [2.24, 2.45) is 5.41 Å². The minimum Gasteiger partial charge on any atom is -0.324 e. The van der Waals surface area contributed by atoms with Crippen LogP contribution in [0.1, 0.15) is 43.3 Å². The Morgan fingerprint density at radius 3 is 2.42 bits per heavy atom. The first-order valence-electron chi connectivity index (χ1n) is 11.2. The van der Waals surface area contributed by atoms with Gasteiger partial charge in [-0.3, -0.25) is 0 Å². The number of pyridine rings is 1. The third kappa shape index (κ3) is 2.48. The van der Waals surface area contributed by atoms with E-state index in [9.17, 15) is 0 Å². The predicted octanol–water partition coefficient (Wildman–Crippen LogP) is 5.73. The van der Waals surface area contributed by atoms with Gasteiger partial charge in [0, 0.05) is 23.1 Å². The van der Waals surface area contributed by atoms with Crippen LogP contribution in [0.3, 0.4) is 0 Å². The third-order valence-electron chi connectivity index (χ3n) is 6.69. The van der Waals surface area contributed by atoms with Crippen molar-refractivity contribution in [1.82, 2.24) is 14.0 Å². The van der Waals surface area contributed by atoms with Crippen LogP contribution in [0.4, 0.5) is 0 Å². The first kappa shape index (κ1) is 18.6. The van der Waals surface area contributed by atoms with E-state index in [0.29, 0.717) is 0 Å². The van der Waals surface area contributed by atoms with Crippen molar-refractivity contribution in [1.29, 1.82) is 0 Å². The van der Waals surface area contributed by atoms with Gasteiger partial charge in [0.2, 0.25) is 0 Å². The Morgan fingerprint density at radius 1 is 1.00 bits per heavy atom. The molecule has 0 unspecified atom stereocenters. The molecular weight excluding hydrogens is 380 g/mol. The first-order valence-corrected chi connectivity index (χ1v) is 11.2. The highest BCUT2D eigenvalue weighted by atomic mass is 15.2. The highest BCUT2D eigenvalue weighted by molar-refractivity contribution is 6.11. The van der Waals surface area contributed by atoms with Gasteiger partial charge >= 0.3 is 0 Å². The highest BCUT2D eigenvalue weighted by Crippen LogP contribution is 2.39. The Labute approximate surface area is 182 Å². The van der Waals surface area contributed by atoms with E-state index in [2.05, 4.69) is 97.7 Å². The SMILES string of the molecule is Cc1cccc(C)c1-c1c[n+]2c3c4c(cccc4c4c(nc(C)n4CC(C)(C)C)n13)C2. The number of fused-ring (bicyclic) bond motifs is 3. The van der Waals surface area contributed by atoms with E-state index in [4.69, 9.17) is 4.98 Å². The molecule has 0 bridgehead atoms. The minimum absolute atomic E-state index is 0.170. The molecule has 0 N–H and O–H groups in total. The van der Waals surface area contributed by atoms with Crippen LogP contribution in [0.5, 0.6) is 0 Å². The molecule has 2 aromatic carbocycles. The van der Waals surface area contributed by atoms with Crippen molar-refractivity contribution in [2.45, 2.75) is 54.6 Å². The van der Waals surface area contributed by atoms with E-state index in [0.717, 1.165) is 24.6 Å². The Morgan fingerprint density at radius 2 is 1.71 bits per heavy atom. The number of imidazole rings is 2. The normalized spacial score (nSPS) is 13.5. The highest BCUT2D eigenvalue weighted by Gasteiger charge is 2.34. The van der Waals surface area contributed by atoms with E-state index < -0.39 is 0 Å². The second kappa shape index (κ2) is 5.97. The molecule has 0 saturated heterocycles. The quantitative estimate of drug-likeness (QED) is 0.335. The fourth-order valence-electron chi connectivity index (χ4n) is 5.51. The topological polar surface area (TPSA) is 26.1 Å². The Kier molecular flexibility index (Phi) is 3.58. The largest absolute Gasteiger partial charge is 0.324 e. The molecule has 0 amide bonds. The molecule has 4 nitrogen and oxygen atoms in total. The smallest absolute Gasteiger partial charge is 0.297 e. The number of aromatic nitrogens is 4. The lowest BCUT2D eigenvalue weighted by Gasteiger charge is -2.20. The number of rotatable bonds is 2. The number of nitrogens with zero attached hydrogens (tertiary/aromatic N) is 4. The Bertz CT molecular complexity index is 1520. The molecule has 0 atom stereocenters. The molecule has 1 aliphatic heterocycles. The summed E-state index contributed by atoms with van der Waals surface area (Å²) in [4.78, 5) is 5.17. The average Bonchev–Trinajstić information content (AvgIpc) is 3.31. The van der Waals surface area contributed by atoms with Gasteiger partial charge in [0.15, 0.2) is 5.69 Å². The summed E-state index contributed by atoms with van der Waals surface area (Å²) in [6.07, 6.45) is 2.33. The van der Waals surface area contributed by atoms with Crippen LogP contribution in [0.15, 0.2) is 42.6 Å². The molecule has 0 radical (unpaired) electrons. The summed E-state index contributed by atoms with van der Waals surface area (Å²) in [6, 6.07) is 13.3. The lowest BCUT2D eigenvalue weighted by atomic mass is 9.96. The Balaban J connectivity index is 1.85. The maximum absolute atomic E-state index is 5.17. The zero-order chi connectivity index (χ0) is 21.7. The van der Waals surface area contributed by atoms with Crippen molar-refractivity contribution in [2.75, 3.05) is 0 Å². The molecule has 0 spiro atoms. The van der Waals surface area contributed by atoms with E-state index >= 15 is 0 Å². The fraction of sp³-hybridized carbons (Fsp3) is 0.333. The van der Waals surface area contributed by atoms with Gasteiger partial charge in [-0.1, -0.05) is 57.2 Å². The molecule has 31 heavy (non-hydrogen) atoms. The monoisotopic (exact) mass is 409 g/mol. The van der Waals surface area contributed by atoms with E-state index in [1.807, 2.05) is 0 Å². The molecule has 156 valence electrons. The van der Waals surface area contributed by atoms with Crippen molar-refractivity contribution in [3.63, 3.8) is 0 Å². The van der Waals surface area contributed by atoms with Crippen LogP contribution < -0.4 is 4.57 Å². The lowest BCUT2D eigenvalue weighted by molar-refractivity contribution is -0.657. The van der Waals surface area contributed by atoms with E-state index in [-0.39, 0.29) is 5.41 Å². The molecule has 0 saturated carbocycles. The van der Waals surface area contributed by atoms with Crippen molar-refractivity contribution in [3.05, 3.63) is 65.1 Å². The van der Waals surface area contributed by atoms with Gasteiger partial charge in [-0.05, 0) is 37.3 Å². The molecule has 0 fully saturated rings. The van der Waals surface area contributed by atoms with Gasteiger partial charge in [0.1, 0.15) is 24.1 Å². The zero-order valence-corrected chi connectivity index (χ0v) is 19.2. The van der Waals surface area contributed by atoms with Crippen molar-refractivity contribution >= 4 is 27.6 Å². The number of aryl methyl sites for hydroxylation is 3. The number of benzene rings is 2. The average molecular weight is 410 g/mol. The molecule has 5 aromatic rings. The summed E-state index contributed by atoms with van der Waals surface area (Å²) in [5.41, 5.74) is 10.3. The second-order valence-corrected chi connectivity index (χ2v) is 10.4. The van der Waals surface area contributed by atoms with Gasteiger partial charge < -0.3 is 4.57 Å². The molecule has 0 aliphatic carbocycles. The maximum atomic E-state index is 5.17. The molecule has 4 heteroatoms. The van der Waals surface area contributed by atoms with Crippen LogP contribution in [0.25, 0.3) is 38.8 Å². The Hall–Kier alpha value is -3.14. The standard InChI is InChI=1S/C27H29N4/c1-16-9-7-10-17(2)22(16)21-14-29-13-19-11-8-12-20-23(19)26(29)31(21)25-24(20)30(18(3)28-25)15-27(4,5)6/h7-12,14H,13,15H2,1-6H3/q+1. The van der Waals surface area contributed by atoms with Crippen LogP contribution >= 0.6 is 0 Å². The summed E-state index contributed by atoms with van der Waals surface area (Å²) in [6.45, 7) is 15.3.